The third kappa shape index (κ3) is 4.37. The quantitative estimate of drug-likeness (QED) is 0.843. The van der Waals surface area contributed by atoms with Crippen LogP contribution in [0.15, 0.2) is 53.5 Å². The molecule has 7 nitrogen and oxygen atoms in total. The molecule has 1 aromatic heterocycles. The van der Waals surface area contributed by atoms with Crippen LogP contribution in [0.1, 0.15) is 12.8 Å². The predicted octanol–water partition coefficient (Wildman–Crippen LogP) is 1.26. The van der Waals surface area contributed by atoms with E-state index < -0.39 is 12.0 Å². The number of nitrogens with zero attached hydrogens (tertiary/aromatic N) is 1. The fourth-order valence-corrected chi connectivity index (χ4v) is 2.92. The molecule has 0 saturated carbocycles. The first-order valence-electron chi connectivity index (χ1n) is 8.38. The van der Waals surface area contributed by atoms with Crippen molar-refractivity contribution in [2.45, 2.75) is 18.9 Å². The summed E-state index contributed by atoms with van der Waals surface area (Å²) in [6.45, 7) is 0.405. The Labute approximate surface area is 150 Å². The number of pyridine rings is 1. The van der Waals surface area contributed by atoms with E-state index in [1.54, 1.807) is 49.0 Å². The maximum absolute atomic E-state index is 12.2. The van der Waals surface area contributed by atoms with Crippen molar-refractivity contribution in [3.05, 3.63) is 65.4 Å². The van der Waals surface area contributed by atoms with Gasteiger partial charge in [-0.05, 0) is 49.1 Å². The lowest BCUT2D eigenvalue weighted by Gasteiger charge is -2.26. The smallest absolute Gasteiger partial charge is 0.255 e. The first-order chi connectivity index (χ1) is 12.5. The second-order valence-electron chi connectivity index (χ2n) is 6.16. The zero-order chi connectivity index (χ0) is 18.5. The van der Waals surface area contributed by atoms with Gasteiger partial charge in [0.15, 0.2) is 0 Å². The Morgan fingerprint density at radius 1 is 1.19 bits per heavy atom. The molecular weight excluding hydrogens is 334 g/mol. The number of benzene rings is 1. The minimum absolute atomic E-state index is 0.0524. The number of amides is 2. The third-order valence-electron chi connectivity index (χ3n) is 4.26. The number of primary amides is 1. The Hall–Kier alpha value is -2.93. The highest BCUT2D eigenvalue weighted by Gasteiger charge is 2.28. The molecule has 2 amide bonds. The van der Waals surface area contributed by atoms with E-state index in [1.165, 1.54) is 10.6 Å². The van der Waals surface area contributed by atoms with Gasteiger partial charge in [-0.15, -0.1) is 0 Å². The molecule has 2 heterocycles. The average Bonchev–Trinajstić information content (AvgIpc) is 2.63. The van der Waals surface area contributed by atoms with Crippen LogP contribution in [0.5, 0.6) is 0 Å². The second kappa shape index (κ2) is 7.97. The van der Waals surface area contributed by atoms with E-state index in [9.17, 15) is 14.4 Å². The predicted molar refractivity (Wildman–Crippen MR) is 96.6 cm³/mol. The summed E-state index contributed by atoms with van der Waals surface area (Å²) in [4.78, 5) is 35.2. The van der Waals surface area contributed by atoms with E-state index in [1.807, 2.05) is 0 Å². The zero-order valence-electron chi connectivity index (χ0n) is 14.1. The lowest BCUT2D eigenvalue weighted by atomic mass is 9.92. The summed E-state index contributed by atoms with van der Waals surface area (Å²) >= 11 is 0. The number of carbonyl (C=O) groups excluding carboxylic acids is 2. The fourth-order valence-electron chi connectivity index (χ4n) is 2.92. The summed E-state index contributed by atoms with van der Waals surface area (Å²) in [6, 6.07) is 11.9. The summed E-state index contributed by atoms with van der Waals surface area (Å²) in [5, 5.41) is 2.79. The summed E-state index contributed by atoms with van der Waals surface area (Å²) in [5.41, 5.74) is 6.47. The Kier molecular flexibility index (Phi) is 5.48. The number of rotatable bonds is 5. The number of anilines is 1. The number of hydrogen-bond acceptors (Lipinski definition) is 4. The van der Waals surface area contributed by atoms with Crippen molar-refractivity contribution >= 4 is 17.5 Å². The topological polar surface area (TPSA) is 103 Å². The van der Waals surface area contributed by atoms with Crippen LogP contribution in [0.2, 0.25) is 0 Å². The van der Waals surface area contributed by atoms with Gasteiger partial charge in [-0.3, -0.25) is 19.0 Å². The minimum Gasteiger partial charge on any atom is -0.368 e. The number of hydrogen-bond donors (Lipinski definition) is 2. The molecule has 1 radical (unpaired) electrons. The van der Waals surface area contributed by atoms with E-state index in [0.717, 1.165) is 0 Å². The molecule has 2 atom stereocenters. The molecule has 1 aromatic carbocycles. The summed E-state index contributed by atoms with van der Waals surface area (Å²) in [7, 11) is 0. The molecule has 2 aromatic rings. The molecule has 7 heteroatoms. The van der Waals surface area contributed by atoms with Crippen LogP contribution < -0.4 is 16.6 Å². The molecule has 2 unspecified atom stereocenters. The molecule has 0 bridgehead atoms. The molecular formula is C19H20N3O4. The highest BCUT2D eigenvalue weighted by Crippen LogP contribution is 2.23. The monoisotopic (exact) mass is 354 g/mol. The van der Waals surface area contributed by atoms with Gasteiger partial charge in [-0.2, -0.15) is 0 Å². The van der Waals surface area contributed by atoms with Gasteiger partial charge in [0, 0.05) is 30.2 Å². The van der Waals surface area contributed by atoms with Gasteiger partial charge >= 0.3 is 0 Å². The maximum Gasteiger partial charge on any atom is 0.255 e. The van der Waals surface area contributed by atoms with Gasteiger partial charge in [-0.25, -0.2) is 0 Å². The van der Waals surface area contributed by atoms with Crippen molar-refractivity contribution in [1.82, 2.24) is 4.57 Å². The SMILES string of the molecule is NC(=O)C1CC([CH]C(=O)Nc2ccc(-n3ccccc3=O)cc2)CCO1. The maximum atomic E-state index is 12.2. The molecule has 135 valence electrons. The van der Waals surface area contributed by atoms with Gasteiger partial charge in [0.1, 0.15) is 6.10 Å². The molecule has 1 saturated heterocycles. The Balaban J connectivity index is 1.59. The zero-order valence-corrected chi connectivity index (χ0v) is 14.1. The van der Waals surface area contributed by atoms with Gasteiger partial charge in [0.05, 0.1) is 6.42 Å². The van der Waals surface area contributed by atoms with Crippen molar-refractivity contribution in [2.24, 2.45) is 11.7 Å². The van der Waals surface area contributed by atoms with Gasteiger partial charge in [-0.1, -0.05) is 6.07 Å². The van der Waals surface area contributed by atoms with Crippen molar-refractivity contribution in [1.29, 1.82) is 0 Å². The highest BCUT2D eigenvalue weighted by atomic mass is 16.5. The van der Waals surface area contributed by atoms with Crippen LogP contribution in [0.25, 0.3) is 5.69 Å². The van der Waals surface area contributed by atoms with Gasteiger partial charge in [0.25, 0.3) is 5.56 Å². The summed E-state index contributed by atoms with van der Waals surface area (Å²) in [5.74, 6) is -0.802. The molecule has 0 aliphatic carbocycles. The Morgan fingerprint density at radius 2 is 1.96 bits per heavy atom. The molecule has 1 aliphatic heterocycles. The minimum atomic E-state index is -0.638. The van der Waals surface area contributed by atoms with Crippen LogP contribution >= 0.6 is 0 Å². The van der Waals surface area contributed by atoms with E-state index in [2.05, 4.69) is 5.32 Å². The molecule has 3 rings (SSSR count). The van der Waals surface area contributed by atoms with E-state index in [-0.39, 0.29) is 17.4 Å². The van der Waals surface area contributed by atoms with Crippen molar-refractivity contribution in [3.8, 4) is 5.69 Å². The van der Waals surface area contributed by atoms with Crippen LogP contribution in [-0.4, -0.2) is 29.1 Å². The number of nitrogens with two attached hydrogens (primary N) is 1. The average molecular weight is 354 g/mol. The molecule has 1 aliphatic rings. The van der Waals surface area contributed by atoms with Crippen molar-refractivity contribution < 1.29 is 14.3 Å². The standard InChI is InChI=1S/C19H20N3O4/c20-19(25)16-11-13(8-10-26-16)12-17(23)21-14-4-6-15(7-5-14)22-9-2-1-3-18(22)24/h1-7,9,12-13,16H,8,10-11H2,(H2,20,25)(H,21,23). The van der Waals surface area contributed by atoms with Gasteiger partial charge < -0.3 is 15.8 Å². The van der Waals surface area contributed by atoms with Crippen LogP contribution in [0.4, 0.5) is 5.69 Å². The first kappa shape index (κ1) is 17.9. The number of ether oxygens (including phenoxy) is 1. The number of nitrogens with one attached hydrogen (secondary N) is 1. The summed E-state index contributed by atoms with van der Waals surface area (Å²) in [6.07, 6.45) is 3.70. The lowest BCUT2D eigenvalue weighted by molar-refractivity contribution is -0.134. The van der Waals surface area contributed by atoms with E-state index in [0.29, 0.717) is 30.8 Å². The summed E-state index contributed by atoms with van der Waals surface area (Å²) < 4.78 is 6.80. The number of aromatic nitrogens is 1. The lowest BCUT2D eigenvalue weighted by Crippen LogP contribution is -2.38. The van der Waals surface area contributed by atoms with Gasteiger partial charge in [0.2, 0.25) is 11.8 Å². The highest BCUT2D eigenvalue weighted by molar-refractivity contribution is 5.97. The number of carbonyl (C=O) groups is 2. The molecule has 26 heavy (non-hydrogen) atoms. The van der Waals surface area contributed by atoms with Crippen LogP contribution in [0.3, 0.4) is 0 Å². The van der Waals surface area contributed by atoms with Crippen molar-refractivity contribution in [2.75, 3.05) is 11.9 Å². The Bertz CT molecular complexity index is 844. The first-order valence-corrected chi connectivity index (χ1v) is 8.38. The van der Waals surface area contributed by atoms with Crippen molar-refractivity contribution in [3.63, 3.8) is 0 Å². The molecule has 0 spiro atoms. The Morgan fingerprint density at radius 3 is 2.65 bits per heavy atom. The second-order valence-corrected chi connectivity index (χ2v) is 6.16. The van der Waals surface area contributed by atoms with E-state index in [4.69, 9.17) is 10.5 Å². The largest absolute Gasteiger partial charge is 0.368 e. The fraction of sp³-hybridized carbons (Fsp3) is 0.263. The molecule has 1 fully saturated rings. The van der Waals surface area contributed by atoms with Crippen LogP contribution in [-0.2, 0) is 14.3 Å². The third-order valence-corrected chi connectivity index (χ3v) is 4.26. The van der Waals surface area contributed by atoms with E-state index >= 15 is 0 Å². The normalized spacial score (nSPS) is 19.7. The molecule has 3 N–H and O–H groups in total. The van der Waals surface area contributed by atoms with Crippen LogP contribution in [0, 0.1) is 12.3 Å².